The summed E-state index contributed by atoms with van der Waals surface area (Å²) in [5.74, 6) is -0.498. The standard InChI is InChI=1S/C22H16BrF2N3O2S/c23-16-3-1-4-18(13-16)28(20(14-24)15-7-9-17(25)10-8-15)31(29,30)21-6-2-5-19-22(21)27-12-11-26-19/h1-13,20H,14H2/t20-/m1/s1. The Hall–Kier alpha value is -2.91. The molecule has 0 aliphatic carbocycles. The fourth-order valence-electron chi connectivity index (χ4n) is 3.35. The van der Waals surface area contributed by atoms with E-state index in [0.717, 1.165) is 4.31 Å². The third kappa shape index (κ3) is 4.15. The Kier molecular flexibility index (Phi) is 5.97. The minimum atomic E-state index is -4.29. The SMILES string of the molecule is O=S(=O)(c1cccc2nccnc12)N(c1cccc(Br)c1)[C@H](CF)c1ccc(F)cc1. The van der Waals surface area contributed by atoms with Gasteiger partial charge < -0.3 is 0 Å². The third-order valence-corrected chi connectivity index (χ3v) is 7.11. The molecule has 0 bridgehead atoms. The molecule has 0 aliphatic heterocycles. The molecule has 9 heteroatoms. The molecular formula is C22H16BrF2N3O2S. The number of anilines is 1. The molecule has 158 valence electrons. The zero-order chi connectivity index (χ0) is 22.0. The van der Waals surface area contributed by atoms with Crippen molar-refractivity contribution in [3.8, 4) is 0 Å². The maximum Gasteiger partial charge on any atom is 0.267 e. The molecule has 0 spiro atoms. The highest BCUT2D eigenvalue weighted by atomic mass is 79.9. The van der Waals surface area contributed by atoms with E-state index < -0.39 is 28.6 Å². The molecule has 4 aromatic rings. The molecule has 1 heterocycles. The second-order valence-electron chi connectivity index (χ2n) is 6.68. The lowest BCUT2D eigenvalue weighted by Gasteiger charge is -2.32. The number of para-hydroxylation sites is 1. The Labute approximate surface area is 186 Å². The van der Waals surface area contributed by atoms with E-state index in [9.17, 15) is 17.2 Å². The van der Waals surface area contributed by atoms with Crippen molar-refractivity contribution >= 4 is 42.7 Å². The number of rotatable bonds is 6. The lowest BCUT2D eigenvalue weighted by atomic mass is 10.1. The van der Waals surface area contributed by atoms with Crippen LogP contribution in [0.2, 0.25) is 0 Å². The Bertz CT molecular complexity index is 1330. The summed E-state index contributed by atoms with van der Waals surface area (Å²) in [7, 11) is -4.29. The minimum absolute atomic E-state index is 0.0985. The largest absolute Gasteiger partial charge is 0.267 e. The number of hydrogen-bond acceptors (Lipinski definition) is 4. The second kappa shape index (κ2) is 8.68. The zero-order valence-corrected chi connectivity index (χ0v) is 18.4. The van der Waals surface area contributed by atoms with Gasteiger partial charge in [-0.1, -0.05) is 40.2 Å². The first-order valence-electron chi connectivity index (χ1n) is 9.23. The van der Waals surface area contributed by atoms with E-state index in [1.54, 1.807) is 36.4 Å². The van der Waals surface area contributed by atoms with Crippen LogP contribution in [0.3, 0.4) is 0 Å². The van der Waals surface area contributed by atoms with E-state index in [4.69, 9.17) is 0 Å². The van der Waals surface area contributed by atoms with Gasteiger partial charge in [-0.15, -0.1) is 0 Å². The van der Waals surface area contributed by atoms with E-state index in [1.807, 2.05) is 0 Å². The van der Waals surface area contributed by atoms with Crippen LogP contribution in [0.15, 0.2) is 88.5 Å². The van der Waals surface area contributed by atoms with Crippen molar-refractivity contribution in [1.29, 1.82) is 0 Å². The van der Waals surface area contributed by atoms with Crippen LogP contribution in [0.1, 0.15) is 11.6 Å². The molecule has 0 N–H and O–H groups in total. The van der Waals surface area contributed by atoms with Crippen molar-refractivity contribution in [1.82, 2.24) is 9.97 Å². The number of nitrogens with zero attached hydrogens (tertiary/aromatic N) is 3. The summed E-state index contributed by atoms with van der Waals surface area (Å²) in [5, 5.41) is 0. The molecule has 4 rings (SSSR count). The number of sulfonamides is 1. The molecule has 0 fully saturated rings. The van der Waals surface area contributed by atoms with Crippen molar-refractivity contribution in [2.45, 2.75) is 10.9 Å². The van der Waals surface area contributed by atoms with Crippen LogP contribution in [0, 0.1) is 5.82 Å². The minimum Gasteiger partial charge on any atom is -0.256 e. The molecule has 0 radical (unpaired) electrons. The molecule has 3 aromatic carbocycles. The van der Waals surface area contributed by atoms with Gasteiger partial charge in [0.15, 0.2) is 0 Å². The van der Waals surface area contributed by atoms with Crippen LogP contribution in [0.5, 0.6) is 0 Å². The molecule has 0 amide bonds. The van der Waals surface area contributed by atoms with Gasteiger partial charge in [-0.25, -0.2) is 17.2 Å². The summed E-state index contributed by atoms with van der Waals surface area (Å²) in [5.41, 5.74) is 1.15. The van der Waals surface area contributed by atoms with Gasteiger partial charge in [0.2, 0.25) is 0 Å². The molecule has 0 saturated carbocycles. The van der Waals surface area contributed by atoms with Crippen LogP contribution in [-0.2, 0) is 10.0 Å². The average molecular weight is 504 g/mol. The Morgan fingerprint density at radius 1 is 0.968 bits per heavy atom. The second-order valence-corrected chi connectivity index (χ2v) is 9.38. The summed E-state index contributed by atoms with van der Waals surface area (Å²) >= 11 is 3.34. The summed E-state index contributed by atoms with van der Waals surface area (Å²) in [6.07, 6.45) is 2.87. The van der Waals surface area contributed by atoms with Gasteiger partial charge >= 0.3 is 0 Å². The number of benzene rings is 3. The quantitative estimate of drug-likeness (QED) is 0.351. The topological polar surface area (TPSA) is 63.2 Å². The maximum atomic E-state index is 14.4. The number of fused-ring (bicyclic) bond motifs is 1. The van der Waals surface area contributed by atoms with Crippen molar-refractivity contribution < 1.29 is 17.2 Å². The lowest BCUT2D eigenvalue weighted by Crippen LogP contribution is -2.36. The monoisotopic (exact) mass is 503 g/mol. The average Bonchev–Trinajstić information content (AvgIpc) is 2.77. The van der Waals surface area contributed by atoms with Gasteiger partial charge in [-0.3, -0.25) is 14.3 Å². The first kappa shape index (κ1) is 21.3. The summed E-state index contributed by atoms with van der Waals surface area (Å²) in [6, 6.07) is 15.1. The van der Waals surface area contributed by atoms with E-state index in [2.05, 4.69) is 25.9 Å². The molecular weight excluding hydrogens is 488 g/mol. The van der Waals surface area contributed by atoms with Gasteiger partial charge in [0.1, 0.15) is 22.9 Å². The van der Waals surface area contributed by atoms with Gasteiger partial charge in [0.05, 0.1) is 17.2 Å². The Balaban J connectivity index is 1.96. The maximum absolute atomic E-state index is 14.4. The lowest BCUT2D eigenvalue weighted by molar-refractivity contribution is 0.434. The van der Waals surface area contributed by atoms with E-state index in [-0.39, 0.29) is 16.1 Å². The van der Waals surface area contributed by atoms with Gasteiger partial charge in [0, 0.05) is 16.9 Å². The molecule has 1 aromatic heterocycles. The number of hydrogen-bond donors (Lipinski definition) is 0. The van der Waals surface area contributed by atoms with Crippen molar-refractivity contribution in [3.63, 3.8) is 0 Å². The van der Waals surface area contributed by atoms with Gasteiger partial charge in [-0.2, -0.15) is 0 Å². The van der Waals surface area contributed by atoms with Crippen LogP contribution in [0.4, 0.5) is 14.5 Å². The molecule has 0 aliphatic rings. The van der Waals surface area contributed by atoms with Crippen molar-refractivity contribution in [2.75, 3.05) is 11.0 Å². The zero-order valence-electron chi connectivity index (χ0n) is 16.0. The van der Waals surface area contributed by atoms with Crippen LogP contribution < -0.4 is 4.31 Å². The van der Waals surface area contributed by atoms with Crippen molar-refractivity contribution in [2.24, 2.45) is 0 Å². The van der Waals surface area contributed by atoms with E-state index in [1.165, 1.54) is 42.7 Å². The smallest absolute Gasteiger partial charge is 0.256 e. The molecule has 5 nitrogen and oxygen atoms in total. The van der Waals surface area contributed by atoms with Crippen LogP contribution in [0.25, 0.3) is 11.0 Å². The van der Waals surface area contributed by atoms with Crippen molar-refractivity contribution in [3.05, 3.63) is 95.0 Å². The van der Waals surface area contributed by atoms with E-state index in [0.29, 0.717) is 15.6 Å². The first-order valence-corrected chi connectivity index (χ1v) is 11.5. The van der Waals surface area contributed by atoms with Gasteiger partial charge in [0.25, 0.3) is 10.0 Å². The predicted molar refractivity (Wildman–Crippen MR) is 118 cm³/mol. The van der Waals surface area contributed by atoms with Crippen LogP contribution >= 0.6 is 15.9 Å². The Morgan fingerprint density at radius 2 is 1.68 bits per heavy atom. The molecule has 0 saturated heterocycles. The molecule has 31 heavy (non-hydrogen) atoms. The number of alkyl halides is 1. The first-order chi connectivity index (χ1) is 14.9. The summed E-state index contributed by atoms with van der Waals surface area (Å²) < 4.78 is 57.3. The number of halogens is 3. The predicted octanol–water partition coefficient (Wildman–Crippen LogP) is 5.44. The third-order valence-electron chi connectivity index (χ3n) is 4.75. The van der Waals surface area contributed by atoms with E-state index >= 15 is 0 Å². The highest BCUT2D eigenvalue weighted by Crippen LogP contribution is 2.36. The highest BCUT2D eigenvalue weighted by Gasteiger charge is 2.34. The molecule has 0 unspecified atom stereocenters. The fourth-order valence-corrected chi connectivity index (χ4v) is 5.51. The normalized spacial score (nSPS) is 12.6. The van der Waals surface area contributed by atoms with Crippen LogP contribution in [-0.4, -0.2) is 25.1 Å². The van der Waals surface area contributed by atoms with Gasteiger partial charge in [-0.05, 0) is 48.0 Å². The summed E-state index contributed by atoms with van der Waals surface area (Å²) in [4.78, 5) is 8.26. The fraction of sp³-hybridized carbons (Fsp3) is 0.0909. The number of aromatic nitrogens is 2. The molecule has 1 atom stereocenters. The highest BCUT2D eigenvalue weighted by molar-refractivity contribution is 9.10. The summed E-state index contributed by atoms with van der Waals surface area (Å²) in [6.45, 7) is -1.02. The Morgan fingerprint density at radius 3 is 2.39 bits per heavy atom.